The van der Waals surface area contributed by atoms with E-state index in [2.05, 4.69) is 5.32 Å². The zero-order chi connectivity index (χ0) is 16.2. The van der Waals surface area contributed by atoms with Crippen LogP contribution in [0.15, 0.2) is 0 Å². The Balaban J connectivity index is 2.75. The summed E-state index contributed by atoms with van der Waals surface area (Å²) in [7, 11) is 0. The van der Waals surface area contributed by atoms with Crippen LogP contribution in [0.5, 0.6) is 0 Å². The van der Waals surface area contributed by atoms with Crippen molar-refractivity contribution in [3.05, 3.63) is 0 Å². The second-order valence-electron chi connectivity index (χ2n) is 5.83. The lowest BCUT2D eigenvalue weighted by Gasteiger charge is -2.37. The summed E-state index contributed by atoms with van der Waals surface area (Å²) < 4.78 is 0. The van der Waals surface area contributed by atoms with E-state index in [9.17, 15) is 19.5 Å². The number of piperidine rings is 1. The van der Waals surface area contributed by atoms with Gasteiger partial charge in [0.15, 0.2) is 0 Å². The minimum atomic E-state index is -1.05. The number of carbonyl (C=O) groups excluding carboxylic acids is 2. The molecule has 0 aromatic carbocycles. The molecule has 21 heavy (non-hydrogen) atoms. The number of carboxylic acid groups (broad SMARTS) is 1. The summed E-state index contributed by atoms with van der Waals surface area (Å²) in [6.45, 7) is 5.79. The first kappa shape index (κ1) is 17.3. The first-order chi connectivity index (χ1) is 9.77. The fraction of sp³-hybridized carbons (Fsp3) is 0.786. The number of nitrogens with zero attached hydrogens (tertiary/aromatic N) is 1. The smallest absolute Gasteiger partial charge is 0.326 e. The maximum atomic E-state index is 12.3. The third kappa shape index (κ3) is 4.34. The summed E-state index contributed by atoms with van der Waals surface area (Å²) in [6.07, 6.45) is 1.99. The van der Waals surface area contributed by atoms with Crippen molar-refractivity contribution in [3.63, 3.8) is 0 Å². The lowest BCUT2D eigenvalue weighted by Crippen LogP contribution is -2.56. The van der Waals surface area contributed by atoms with Gasteiger partial charge in [0.05, 0.1) is 5.92 Å². The molecule has 1 fully saturated rings. The molecule has 7 heteroatoms. The third-order valence-electron chi connectivity index (χ3n) is 4.30. The molecule has 3 unspecified atom stereocenters. The van der Waals surface area contributed by atoms with E-state index in [4.69, 9.17) is 5.73 Å². The molecule has 120 valence electrons. The number of amides is 3. The van der Waals surface area contributed by atoms with Gasteiger partial charge >= 0.3 is 12.0 Å². The van der Waals surface area contributed by atoms with Crippen molar-refractivity contribution < 1.29 is 19.5 Å². The van der Waals surface area contributed by atoms with E-state index in [0.717, 1.165) is 0 Å². The lowest BCUT2D eigenvalue weighted by atomic mass is 9.93. The van der Waals surface area contributed by atoms with Gasteiger partial charge in [-0.05, 0) is 25.7 Å². The van der Waals surface area contributed by atoms with Gasteiger partial charge in [-0.3, -0.25) is 4.79 Å². The molecule has 0 aromatic rings. The number of rotatable bonds is 5. The number of carboxylic acids is 1. The van der Waals surface area contributed by atoms with E-state index in [1.165, 1.54) is 4.90 Å². The van der Waals surface area contributed by atoms with Gasteiger partial charge in [0.25, 0.3) is 0 Å². The number of hydrogen-bond acceptors (Lipinski definition) is 3. The van der Waals surface area contributed by atoms with E-state index in [0.29, 0.717) is 19.3 Å². The van der Waals surface area contributed by atoms with Crippen molar-refractivity contribution in [2.24, 2.45) is 17.6 Å². The Morgan fingerprint density at radius 3 is 2.48 bits per heavy atom. The Bertz CT molecular complexity index is 413. The van der Waals surface area contributed by atoms with Crippen molar-refractivity contribution >= 4 is 17.9 Å². The van der Waals surface area contributed by atoms with Gasteiger partial charge in [0, 0.05) is 12.6 Å². The first-order valence-electron chi connectivity index (χ1n) is 7.37. The Hall–Kier alpha value is -1.79. The third-order valence-corrected chi connectivity index (χ3v) is 4.30. The van der Waals surface area contributed by atoms with Crippen LogP contribution in [0.1, 0.15) is 40.0 Å². The number of carbonyl (C=O) groups is 3. The largest absolute Gasteiger partial charge is 0.480 e. The van der Waals surface area contributed by atoms with Gasteiger partial charge in [-0.2, -0.15) is 0 Å². The second-order valence-corrected chi connectivity index (χ2v) is 5.83. The monoisotopic (exact) mass is 299 g/mol. The van der Waals surface area contributed by atoms with Crippen LogP contribution in [-0.4, -0.2) is 46.5 Å². The van der Waals surface area contributed by atoms with Crippen LogP contribution in [0.4, 0.5) is 4.79 Å². The van der Waals surface area contributed by atoms with Crippen LogP contribution in [0.25, 0.3) is 0 Å². The van der Waals surface area contributed by atoms with Crippen LogP contribution in [0, 0.1) is 11.8 Å². The standard InChI is InChI=1S/C14H25N3O4/c1-4-8(2)11(13(19)20)16-14(21)17-7-10(12(15)18)6-5-9(17)3/h8-11H,4-7H2,1-3H3,(H2,15,18)(H,16,21)(H,19,20)/t8?,9?,10?,11-/m0/s1. The summed E-state index contributed by atoms with van der Waals surface area (Å²) in [5, 5.41) is 11.8. The van der Waals surface area contributed by atoms with Gasteiger partial charge in [-0.25, -0.2) is 9.59 Å². The molecule has 4 N–H and O–H groups in total. The van der Waals surface area contributed by atoms with Crippen LogP contribution >= 0.6 is 0 Å². The summed E-state index contributed by atoms with van der Waals surface area (Å²) in [5.74, 6) is -2.00. The lowest BCUT2D eigenvalue weighted by molar-refractivity contribution is -0.140. The molecule has 1 heterocycles. The quantitative estimate of drug-likeness (QED) is 0.696. The minimum absolute atomic E-state index is 0.0352. The fourth-order valence-electron chi connectivity index (χ4n) is 2.52. The van der Waals surface area contributed by atoms with Gasteiger partial charge in [-0.15, -0.1) is 0 Å². The summed E-state index contributed by atoms with van der Waals surface area (Å²) in [6, 6.07) is -1.41. The minimum Gasteiger partial charge on any atom is -0.480 e. The maximum absolute atomic E-state index is 12.3. The molecule has 0 bridgehead atoms. The topological polar surface area (TPSA) is 113 Å². The number of nitrogens with two attached hydrogens (primary N) is 1. The van der Waals surface area contributed by atoms with Crippen LogP contribution in [-0.2, 0) is 9.59 Å². The number of hydrogen-bond donors (Lipinski definition) is 3. The Morgan fingerprint density at radius 1 is 1.38 bits per heavy atom. The van der Waals surface area contributed by atoms with Crippen molar-refractivity contribution in [2.45, 2.75) is 52.1 Å². The molecule has 1 saturated heterocycles. The maximum Gasteiger partial charge on any atom is 0.326 e. The van der Waals surface area contributed by atoms with E-state index >= 15 is 0 Å². The van der Waals surface area contributed by atoms with Crippen molar-refractivity contribution in [3.8, 4) is 0 Å². The Kier molecular flexibility index (Phi) is 5.99. The molecule has 4 atom stereocenters. The van der Waals surface area contributed by atoms with Gasteiger partial charge < -0.3 is 21.1 Å². The molecule has 1 aliphatic rings. The Labute approximate surface area is 124 Å². The van der Waals surface area contributed by atoms with Crippen LogP contribution < -0.4 is 11.1 Å². The summed E-state index contributed by atoms with van der Waals surface area (Å²) >= 11 is 0. The SMILES string of the molecule is CCC(C)[C@H](NC(=O)N1CC(C(N)=O)CCC1C)C(=O)O. The molecule has 0 aliphatic carbocycles. The molecule has 1 aliphatic heterocycles. The molecule has 0 radical (unpaired) electrons. The number of primary amides is 1. The first-order valence-corrected chi connectivity index (χ1v) is 7.37. The molecule has 0 saturated carbocycles. The van der Waals surface area contributed by atoms with Crippen molar-refractivity contribution in [2.75, 3.05) is 6.54 Å². The van der Waals surface area contributed by atoms with E-state index in [-0.39, 0.29) is 24.4 Å². The summed E-state index contributed by atoms with van der Waals surface area (Å²) in [4.78, 5) is 36.4. The Morgan fingerprint density at radius 2 is 2.00 bits per heavy atom. The average molecular weight is 299 g/mol. The molecule has 3 amide bonds. The number of aliphatic carboxylic acids is 1. The normalized spacial score (nSPS) is 25.0. The number of nitrogens with one attached hydrogen (secondary N) is 1. The fourth-order valence-corrected chi connectivity index (χ4v) is 2.52. The molecule has 7 nitrogen and oxygen atoms in total. The van der Waals surface area contributed by atoms with Gasteiger partial charge in [-0.1, -0.05) is 20.3 Å². The van der Waals surface area contributed by atoms with Crippen LogP contribution in [0.3, 0.4) is 0 Å². The highest BCUT2D eigenvalue weighted by molar-refractivity contribution is 5.84. The molecule has 1 rings (SSSR count). The zero-order valence-electron chi connectivity index (χ0n) is 12.8. The highest BCUT2D eigenvalue weighted by Gasteiger charge is 2.34. The molecule has 0 spiro atoms. The van der Waals surface area contributed by atoms with Crippen LogP contribution in [0.2, 0.25) is 0 Å². The molecular formula is C14H25N3O4. The second kappa shape index (κ2) is 7.28. The van der Waals surface area contributed by atoms with E-state index in [1.807, 2.05) is 13.8 Å². The summed E-state index contributed by atoms with van der Waals surface area (Å²) in [5.41, 5.74) is 5.30. The highest BCUT2D eigenvalue weighted by Crippen LogP contribution is 2.22. The zero-order valence-corrected chi connectivity index (χ0v) is 12.8. The molecular weight excluding hydrogens is 274 g/mol. The number of urea groups is 1. The average Bonchev–Trinajstić information content (AvgIpc) is 2.43. The highest BCUT2D eigenvalue weighted by atomic mass is 16.4. The predicted octanol–water partition coefficient (Wildman–Crippen LogP) is 0.781. The van der Waals surface area contributed by atoms with Crippen molar-refractivity contribution in [1.82, 2.24) is 10.2 Å². The molecule has 0 aromatic heterocycles. The van der Waals surface area contributed by atoms with E-state index in [1.54, 1.807) is 6.92 Å². The van der Waals surface area contributed by atoms with E-state index < -0.39 is 23.9 Å². The predicted molar refractivity (Wildman–Crippen MR) is 77.5 cm³/mol. The van der Waals surface area contributed by atoms with Gasteiger partial charge in [0.1, 0.15) is 6.04 Å². The van der Waals surface area contributed by atoms with Gasteiger partial charge in [0.2, 0.25) is 5.91 Å². The van der Waals surface area contributed by atoms with Crippen molar-refractivity contribution in [1.29, 1.82) is 0 Å². The number of likely N-dealkylation sites (tertiary alicyclic amines) is 1.